The van der Waals surface area contributed by atoms with Crippen LogP contribution in [0.1, 0.15) is 12.8 Å². The molecule has 0 N–H and O–H groups in total. The lowest BCUT2D eigenvalue weighted by molar-refractivity contribution is 0.334. The third-order valence-electron chi connectivity index (χ3n) is 3.43. The molecule has 1 heterocycles. The summed E-state index contributed by atoms with van der Waals surface area (Å²) in [5.41, 5.74) is 0.759. The molecule has 1 saturated carbocycles. The molecule has 2 fully saturated rings. The second-order valence-electron chi connectivity index (χ2n) is 4.29. The summed E-state index contributed by atoms with van der Waals surface area (Å²) in [4.78, 5) is 0. The second-order valence-corrected chi connectivity index (χ2v) is 6.52. The van der Waals surface area contributed by atoms with Crippen LogP contribution in [0.2, 0.25) is 0 Å². The van der Waals surface area contributed by atoms with Crippen molar-refractivity contribution in [1.82, 2.24) is 0 Å². The highest BCUT2D eigenvalue weighted by Crippen LogP contribution is 2.56. The lowest BCUT2D eigenvalue weighted by Gasteiger charge is -2.13. The Kier molecular flexibility index (Phi) is 1.43. The van der Waals surface area contributed by atoms with Crippen LogP contribution in [0.5, 0.6) is 0 Å². The summed E-state index contributed by atoms with van der Waals surface area (Å²) in [6.07, 6.45) is 8.86. The molecular formula is C10H12O3S. The van der Waals surface area contributed by atoms with E-state index in [1.807, 2.05) is 18.2 Å². The van der Waals surface area contributed by atoms with Crippen LogP contribution in [0.15, 0.2) is 23.8 Å². The van der Waals surface area contributed by atoms with E-state index in [4.69, 9.17) is 4.74 Å². The lowest BCUT2D eigenvalue weighted by atomic mass is 9.94. The van der Waals surface area contributed by atoms with Crippen molar-refractivity contribution in [2.75, 3.05) is 6.26 Å². The normalized spacial score (nSPS) is 44.2. The minimum atomic E-state index is -2.97. The van der Waals surface area contributed by atoms with Gasteiger partial charge in [0.1, 0.15) is 11.7 Å². The Balaban J connectivity index is 2.07. The SMILES string of the molecule is CS(=O)(=O)C1CCC23OC2C=CC=C13. The summed E-state index contributed by atoms with van der Waals surface area (Å²) in [6.45, 7) is 0. The van der Waals surface area contributed by atoms with Crippen molar-refractivity contribution in [3.63, 3.8) is 0 Å². The molecule has 1 spiro atoms. The molecule has 3 rings (SSSR count). The van der Waals surface area contributed by atoms with Crippen LogP contribution < -0.4 is 0 Å². The number of hydrogen-bond donors (Lipinski definition) is 0. The van der Waals surface area contributed by atoms with Crippen molar-refractivity contribution in [3.05, 3.63) is 23.8 Å². The van der Waals surface area contributed by atoms with Crippen molar-refractivity contribution in [2.45, 2.75) is 29.8 Å². The Morgan fingerprint density at radius 3 is 3.07 bits per heavy atom. The predicted octanol–water partition coefficient (Wildman–Crippen LogP) is 0.827. The van der Waals surface area contributed by atoms with Crippen LogP contribution in [0, 0.1) is 0 Å². The molecule has 3 nitrogen and oxygen atoms in total. The maximum Gasteiger partial charge on any atom is 0.154 e. The molecule has 0 aromatic carbocycles. The fourth-order valence-electron chi connectivity index (χ4n) is 2.69. The first-order valence-corrected chi connectivity index (χ1v) is 6.75. The highest BCUT2D eigenvalue weighted by molar-refractivity contribution is 7.91. The van der Waals surface area contributed by atoms with Gasteiger partial charge in [0.15, 0.2) is 9.84 Å². The largest absolute Gasteiger partial charge is 0.357 e. The van der Waals surface area contributed by atoms with Gasteiger partial charge in [-0.05, 0) is 18.4 Å². The fourth-order valence-corrected chi connectivity index (χ4v) is 3.98. The molecule has 76 valence electrons. The predicted molar refractivity (Wildman–Crippen MR) is 52.7 cm³/mol. The van der Waals surface area contributed by atoms with Gasteiger partial charge >= 0.3 is 0 Å². The van der Waals surface area contributed by atoms with Crippen molar-refractivity contribution in [2.24, 2.45) is 0 Å². The highest BCUT2D eigenvalue weighted by Gasteiger charge is 2.64. The number of rotatable bonds is 1. The maximum atomic E-state index is 11.5. The molecule has 3 atom stereocenters. The third-order valence-corrected chi connectivity index (χ3v) is 4.95. The van der Waals surface area contributed by atoms with E-state index in [9.17, 15) is 8.42 Å². The van der Waals surface area contributed by atoms with Crippen molar-refractivity contribution < 1.29 is 13.2 Å². The molecule has 14 heavy (non-hydrogen) atoms. The molecule has 1 aliphatic heterocycles. The zero-order valence-electron chi connectivity index (χ0n) is 7.93. The van der Waals surface area contributed by atoms with Gasteiger partial charge in [0, 0.05) is 6.26 Å². The molecule has 0 aromatic rings. The molecule has 0 bridgehead atoms. The summed E-state index contributed by atoms with van der Waals surface area (Å²) >= 11 is 0. The maximum absolute atomic E-state index is 11.5. The molecule has 3 unspecified atom stereocenters. The van der Waals surface area contributed by atoms with Crippen LogP contribution >= 0.6 is 0 Å². The molecule has 3 aliphatic rings. The Bertz CT molecular complexity index is 446. The number of hydrogen-bond acceptors (Lipinski definition) is 3. The van der Waals surface area contributed by atoms with Crippen molar-refractivity contribution in [3.8, 4) is 0 Å². The van der Waals surface area contributed by atoms with E-state index in [1.54, 1.807) is 0 Å². The topological polar surface area (TPSA) is 46.7 Å². The minimum Gasteiger partial charge on any atom is -0.357 e. The van der Waals surface area contributed by atoms with Crippen molar-refractivity contribution >= 4 is 9.84 Å². The van der Waals surface area contributed by atoms with Gasteiger partial charge in [0.25, 0.3) is 0 Å². The van der Waals surface area contributed by atoms with E-state index >= 15 is 0 Å². The third kappa shape index (κ3) is 0.929. The fraction of sp³-hybridized carbons (Fsp3) is 0.600. The smallest absolute Gasteiger partial charge is 0.154 e. The molecule has 1 saturated heterocycles. The Hall–Kier alpha value is -0.610. The molecule has 4 heteroatoms. The van der Waals surface area contributed by atoms with Crippen LogP contribution in [0.4, 0.5) is 0 Å². The van der Waals surface area contributed by atoms with Crippen LogP contribution in [-0.4, -0.2) is 31.6 Å². The van der Waals surface area contributed by atoms with Gasteiger partial charge in [0.2, 0.25) is 0 Å². The number of epoxide rings is 1. The van der Waals surface area contributed by atoms with Gasteiger partial charge in [-0.1, -0.05) is 18.2 Å². The van der Waals surface area contributed by atoms with Crippen molar-refractivity contribution in [1.29, 1.82) is 0 Å². The van der Waals surface area contributed by atoms with E-state index in [0.29, 0.717) is 6.42 Å². The number of ether oxygens (including phenoxy) is 1. The van der Waals surface area contributed by atoms with E-state index < -0.39 is 9.84 Å². The Morgan fingerprint density at radius 1 is 1.57 bits per heavy atom. The molecular weight excluding hydrogens is 200 g/mol. The molecule has 0 aromatic heterocycles. The quantitative estimate of drug-likeness (QED) is 0.605. The minimum absolute atomic E-state index is 0.147. The van der Waals surface area contributed by atoms with Gasteiger partial charge in [0.05, 0.1) is 5.25 Å². The molecule has 0 amide bonds. The molecule has 0 radical (unpaired) electrons. The van der Waals surface area contributed by atoms with E-state index in [2.05, 4.69) is 0 Å². The zero-order valence-corrected chi connectivity index (χ0v) is 8.75. The van der Waals surface area contributed by atoms with Gasteiger partial charge in [-0.25, -0.2) is 8.42 Å². The number of allylic oxidation sites excluding steroid dienone is 2. The summed E-state index contributed by atoms with van der Waals surface area (Å²) < 4.78 is 28.7. The Labute approximate surface area is 83.4 Å². The summed E-state index contributed by atoms with van der Waals surface area (Å²) in [5.74, 6) is 0. The van der Waals surface area contributed by atoms with Crippen LogP contribution in [0.3, 0.4) is 0 Å². The summed E-state index contributed by atoms with van der Waals surface area (Å²) in [6, 6.07) is 0. The summed E-state index contributed by atoms with van der Waals surface area (Å²) in [5, 5.41) is -0.308. The van der Waals surface area contributed by atoms with Gasteiger partial charge in [-0.2, -0.15) is 0 Å². The average molecular weight is 212 g/mol. The Morgan fingerprint density at radius 2 is 2.36 bits per heavy atom. The zero-order chi connectivity index (χ0) is 9.97. The molecule has 2 aliphatic carbocycles. The number of sulfone groups is 1. The monoisotopic (exact) mass is 212 g/mol. The van der Waals surface area contributed by atoms with E-state index in [0.717, 1.165) is 12.0 Å². The first-order valence-electron chi connectivity index (χ1n) is 4.79. The summed E-state index contributed by atoms with van der Waals surface area (Å²) in [7, 11) is -2.97. The van der Waals surface area contributed by atoms with E-state index in [-0.39, 0.29) is 17.0 Å². The first-order chi connectivity index (χ1) is 6.54. The van der Waals surface area contributed by atoms with Gasteiger partial charge < -0.3 is 4.74 Å². The second kappa shape index (κ2) is 2.31. The van der Waals surface area contributed by atoms with E-state index in [1.165, 1.54) is 6.26 Å². The lowest BCUT2D eigenvalue weighted by Crippen LogP contribution is -2.24. The first kappa shape index (κ1) is 8.68. The highest BCUT2D eigenvalue weighted by atomic mass is 32.2. The van der Waals surface area contributed by atoms with Crippen LogP contribution in [0.25, 0.3) is 0 Å². The van der Waals surface area contributed by atoms with Crippen LogP contribution in [-0.2, 0) is 14.6 Å². The standard InChI is InChI=1S/C10H12O3S/c1-14(11,12)8-5-6-10-7(8)3-2-4-9(10)13-10/h2-4,8-9H,5-6H2,1H3. The average Bonchev–Trinajstić information content (AvgIpc) is 2.66. The van der Waals surface area contributed by atoms with Gasteiger partial charge in [-0.15, -0.1) is 0 Å². The van der Waals surface area contributed by atoms with Gasteiger partial charge in [-0.3, -0.25) is 0 Å².